The molecule has 0 aliphatic heterocycles. The number of alkyl halides is 3. The largest absolute Gasteiger partial charge is 0.484 e. The Labute approximate surface area is 218 Å². The van der Waals surface area contributed by atoms with Crippen molar-refractivity contribution in [3.05, 3.63) is 92.3 Å². The fraction of sp³-hybridized carbons (Fsp3) is 0.154. The van der Waals surface area contributed by atoms with Crippen LogP contribution in [-0.2, 0) is 17.4 Å². The second-order valence-electron chi connectivity index (χ2n) is 7.81. The van der Waals surface area contributed by atoms with Crippen molar-refractivity contribution in [2.75, 3.05) is 11.9 Å². The van der Waals surface area contributed by atoms with Gasteiger partial charge in [-0.3, -0.25) is 9.59 Å². The van der Waals surface area contributed by atoms with Gasteiger partial charge in [0.15, 0.2) is 6.61 Å². The second kappa shape index (κ2) is 10.7. The molecule has 0 atom stereocenters. The van der Waals surface area contributed by atoms with Gasteiger partial charge in [-0.15, -0.1) is 0 Å². The van der Waals surface area contributed by atoms with E-state index >= 15 is 0 Å². The molecule has 3 aromatic carbocycles. The predicted octanol–water partition coefficient (Wildman–Crippen LogP) is 7.49. The highest BCUT2D eigenvalue weighted by molar-refractivity contribution is 6.42. The summed E-state index contributed by atoms with van der Waals surface area (Å²) < 4.78 is 57.1. The average Bonchev–Trinajstić information content (AvgIpc) is 2.86. The molecule has 4 aromatic rings. The van der Waals surface area contributed by atoms with E-state index in [1.165, 1.54) is 42.5 Å². The smallest absolute Gasteiger partial charge is 0.453 e. The summed E-state index contributed by atoms with van der Waals surface area (Å²) in [7, 11) is 0. The van der Waals surface area contributed by atoms with E-state index in [-0.39, 0.29) is 27.5 Å². The van der Waals surface area contributed by atoms with Crippen LogP contribution in [0.5, 0.6) is 17.2 Å². The number of carbonyl (C=O) groups excluding carboxylic acids is 1. The minimum Gasteiger partial charge on any atom is -0.484 e. The molecule has 1 N–H and O–H groups in total. The molecule has 0 aliphatic carbocycles. The lowest BCUT2D eigenvalue weighted by Gasteiger charge is -2.14. The molecule has 1 amide bonds. The molecule has 4 rings (SSSR count). The quantitative estimate of drug-likeness (QED) is 0.257. The molecule has 0 saturated heterocycles. The normalized spacial score (nSPS) is 11.4. The Morgan fingerprint density at radius 3 is 2.32 bits per heavy atom. The van der Waals surface area contributed by atoms with Gasteiger partial charge in [0, 0.05) is 11.8 Å². The van der Waals surface area contributed by atoms with Crippen LogP contribution in [0.3, 0.4) is 0 Å². The maximum absolute atomic E-state index is 13.8. The summed E-state index contributed by atoms with van der Waals surface area (Å²) in [6.45, 7) is 1.45. The molecule has 1 heterocycles. The summed E-state index contributed by atoms with van der Waals surface area (Å²) >= 11 is 11.8. The molecular weight excluding hydrogens is 534 g/mol. The number of halogens is 5. The Bertz CT molecular complexity index is 1520. The lowest BCUT2D eigenvalue weighted by Crippen LogP contribution is -2.20. The minimum atomic E-state index is -5.01. The number of hydrogen-bond acceptors (Lipinski definition) is 5. The van der Waals surface area contributed by atoms with Crippen molar-refractivity contribution in [3.8, 4) is 17.2 Å². The number of fused-ring (bicyclic) bond motifs is 1. The third kappa shape index (κ3) is 6.18. The molecule has 11 heteroatoms. The zero-order valence-electron chi connectivity index (χ0n) is 19.1. The summed E-state index contributed by atoms with van der Waals surface area (Å²) in [6, 6.07) is 14.5. The van der Waals surface area contributed by atoms with Gasteiger partial charge in [0.1, 0.15) is 17.1 Å². The van der Waals surface area contributed by atoms with E-state index in [0.29, 0.717) is 10.7 Å². The molecular formula is C26H18Cl2F3NO5. The van der Waals surface area contributed by atoms with Crippen molar-refractivity contribution in [2.45, 2.75) is 19.5 Å². The Hall–Kier alpha value is -3.69. The molecule has 1 aromatic heterocycles. The van der Waals surface area contributed by atoms with Crippen LogP contribution in [0.1, 0.15) is 18.2 Å². The Balaban J connectivity index is 1.58. The van der Waals surface area contributed by atoms with Crippen LogP contribution in [0.2, 0.25) is 10.0 Å². The van der Waals surface area contributed by atoms with Crippen LogP contribution in [0.4, 0.5) is 18.9 Å². The highest BCUT2D eigenvalue weighted by atomic mass is 35.5. The van der Waals surface area contributed by atoms with Crippen molar-refractivity contribution in [2.24, 2.45) is 0 Å². The molecule has 0 unspecified atom stereocenters. The van der Waals surface area contributed by atoms with Gasteiger partial charge in [0.05, 0.1) is 15.4 Å². The third-order valence-corrected chi connectivity index (χ3v) is 5.94. The third-order valence-electron chi connectivity index (χ3n) is 5.20. The van der Waals surface area contributed by atoms with Crippen LogP contribution >= 0.6 is 23.2 Å². The zero-order valence-corrected chi connectivity index (χ0v) is 20.6. The van der Waals surface area contributed by atoms with Crippen molar-refractivity contribution < 1.29 is 31.9 Å². The molecule has 0 fully saturated rings. The summed E-state index contributed by atoms with van der Waals surface area (Å²) in [5, 5.41) is 2.95. The highest BCUT2D eigenvalue weighted by Gasteiger charge is 2.40. The fourth-order valence-electron chi connectivity index (χ4n) is 3.36. The summed E-state index contributed by atoms with van der Waals surface area (Å²) in [5.74, 6) is -3.05. The number of aryl methyl sites for hydroxylation is 1. The fourth-order valence-corrected chi connectivity index (χ4v) is 3.65. The first-order valence-corrected chi connectivity index (χ1v) is 11.6. The van der Waals surface area contributed by atoms with Gasteiger partial charge >= 0.3 is 6.18 Å². The lowest BCUT2D eigenvalue weighted by atomic mass is 10.1. The highest BCUT2D eigenvalue weighted by Crippen LogP contribution is 2.38. The Kier molecular flexibility index (Phi) is 7.65. The van der Waals surface area contributed by atoms with Crippen molar-refractivity contribution >= 4 is 45.8 Å². The van der Waals surface area contributed by atoms with Gasteiger partial charge in [-0.25, -0.2) is 0 Å². The molecule has 0 bridgehead atoms. The number of amides is 1. The first kappa shape index (κ1) is 26.4. The average molecular weight is 552 g/mol. The maximum atomic E-state index is 13.8. The van der Waals surface area contributed by atoms with Gasteiger partial charge in [-0.2, -0.15) is 13.2 Å². The number of anilines is 1. The van der Waals surface area contributed by atoms with E-state index in [4.69, 9.17) is 37.1 Å². The Morgan fingerprint density at radius 2 is 1.68 bits per heavy atom. The van der Waals surface area contributed by atoms with E-state index < -0.39 is 35.6 Å². The number of rotatable bonds is 7. The van der Waals surface area contributed by atoms with Gasteiger partial charge in [0.2, 0.25) is 11.2 Å². The van der Waals surface area contributed by atoms with E-state index in [1.807, 2.05) is 6.92 Å². The number of carbonyl (C=O) groups is 1. The van der Waals surface area contributed by atoms with Gasteiger partial charge in [-0.05, 0) is 54.4 Å². The molecule has 192 valence electrons. The zero-order chi connectivity index (χ0) is 26.7. The second-order valence-corrected chi connectivity index (χ2v) is 8.62. The Morgan fingerprint density at radius 1 is 0.973 bits per heavy atom. The molecule has 0 radical (unpaired) electrons. The number of benzene rings is 3. The molecule has 0 saturated carbocycles. The monoisotopic (exact) mass is 551 g/mol. The summed E-state index contributed by atoms with van der Waals surface area (Å²) in [4.78, 5) is 25.1. The lowest BCUT2D eigenvalue weighted by molar-refractivity contribution is -0.154. The molecule has 0 spiro atoms. The van der Waals surface area contributed by atoms with Crippen LogP contribution in [0, 0.1) is 0 Å². The van der Waals surface area contributed by atoms with Crippen molar-refractivity contribution in [3.63, 3.8) is 0 Å². The SMILES string of the molecule is CCc1ccc(Oc2c(C(F)(F)F)oc3cc(OCC(=O)Nc4ccc(Cl)c(Cl)c4)ccc3c2=O)cc1. The van der Waals surface area contributed by atoms with E-state index in [2.05, 4.69) is 5.32 Å². The van der Waals surface area contributed by atoms with E-state index in [9.17, 15) is 22.8 Å². The van der Waals surface area contributed by atoms with Crippen LogP contribution in [-0.4, -0.2) is 12.5 Å². The predicted molar refractivity (Wildman–Crippen MR) is 134 cm³/mol. The number of hydrogen-bond donors (Lipinski definition) is 1. The van der Waals surface area contributed by atoms with Gasteiger partial charge < -0.3 is 19.2 Å². The maximum Gasteiger partial charge on any atom is 0.453 e. The standard InChI is InChI=1S/C26H18Cl2F3NO5/c1-2-14-3-6-16(7-4-14)36-24-23(34)18-9-8-17(12-21(18)37-25(24)26(29,30)31)35-13-22(33)32-15-5-10-19(27)20(28)11-15/h3-12H,2,13H2,1H3,(H,32,33). The van der Waals surface area contributed by atoms with Crippen LogP contribution in [0.15, 0.2) is 69.9 Å². The van der Waals surface area contributed by atoms with Crippen LogP contribution in [0.25, 0.3) is 11.0 Å². The molecule has 37 heavy (non-hydrogen) atoms. The number of nitrogens with one attached hydrogen (secondary N) is 1. The summed E-state index contributed by atoms with van der Waals surface area (Å²) in [6.07, 6.45) is -4.28. The first-order chi connectivity index (χ1) is 17.5. The van der Waals surface area contributed by atoms with E-state index in [0.717, 1.165) is 18.1 Å². The van der Waals surface area contributed by atoms with Crippen molar-refractivity contribution in [1.82, 2.24) is 0 Å². The van der Waals surface area contributed by atoms with Gasteiger partial charge in [-0.1, -0.05) is 42.3 Å². The topological polar surface area (TPSA) is 77.8 Å². The molecule has 0 aliphatic rings. The first-order valence-electron chi connectivity index (χ1n) is 10.9. The number of ether oxygens (including phenoxy) is 2. The minimum absolute atomic E-state index is 0.0110. The molecule has 6 nitrogen and oxygen atoms in total. The van der Waals surface area contributed by atoms with E-state index in [1.54, 1.807) is 12.1 Å². The van der Waals surface area contributed by atoms with Crippen molar-refractivity contribution in [1.29, 1.82) is 0 Å². The van der Waals surface area contributed by atoms with Crippen LogP contribution < -0.4 is 20.2 Å². The summed E-state index contributed by atoms with van der Waals surface area (Å²) in [5.41, 5.74) is -0.0586. The van der Waals surface area contributed by atoms with Gasteiger partial charge in [0.25, 0.3) is 11.7 Å².